The minimum atomic E-state index is -0.0330. The molecule has 87 valence electrons. The van der Waals surface area contributed by atoms with Gasteiger partial charge in [0.2, 0.25) is 5.91 Å². The standard InChI is InChI=1S/C9H19N2O3.Y/c1-9(12)11-4-6-14-8-7-13-5-3-10-2;/h3-8H2,1-2H3,(H,11,12);/q-1;. The maximum atomic E-state index is 10.4. The Hall–Kier alpha value is 0.454. The van der Waals surface area contributed by atoms with Crippen molar-refractivity contribution in [3.63, 3.8) is 0 Å². The van der Waals surface area contributed by atoms with Crippen molar-refractivity contribution in [1.82, 2.24) is 5.32 Å². The van der Waals surface area contributed by atoms with Crippen LogP contribution in [-0.2, 0) is 47.0 Å². The van der Waals surface area contributed by atoms with E-state index >= 15 is 0 Å². The number of nitrogens with one attached hydrogen (secondary N) is 1. The molecule has 15 heavy (non-hydrogen) atoms. The number of hydrogen-bond donors (Lipinski definition) is 1. The van der Waals surface area contributed by atoms with Gasteiger partial charge in [0.15, 0.2) is 0 Å². The van der Waals surface area contributed by atoms with E-state index in [2.05, 4.69) is 10.6 Å². The predicted octanol–water partition coefficient (Wildman–Crippen LogP) is 0.157. The molecule has 0 aliphatic carbocycles. The van der Waals surface area contributed by atoms with Crippen LogP contribution in [0.3, 0.4) is 0 Å². The van der Waals surface area contributed by atoms with E-state index in [1.165, 1.54) is 6.92 Å². The van der Waals surface area contributed by atoms with Crippen molar-refractivity contribution in [2.45, 2.75) is 6.92 Å². The van der Waals surface area contributed by atoms with E-state index in [0.717, 1.165) is 6.54 Å². The van der Waals surface area contributed by atoms with Gasteiger partial charge in [-0.05, 0) is 0 Å². The van der Waals surface area contributed by atoms with Crippen LogP contribution in [0.5, 0.6) is 0 Å². The van der Waals surface area contributed by atoms with E-state index in [1.807, 2.05) is 0 Å². The predicted molar refractivity (Wildman–Crippen MR) is 54.5 cm³/mol. The molecule has 0 aliphatic heterocycles. The second-order valence-corrected chi connectivity index (χ2v) is 2.75. The first-order chi connectivity index (χ1) is 6.77. The minimum Gasteiger partial charge on any atom is -0.663 e. The zero-order chi connectivity index (χ0) is 10.6. The first-order valence-corrected chi connectivity index (χ1v) is 4.73. The molecule has 1 radical (unpaired) electrons. The van der Waals surface area contributed by atoms with Crippen molar-refractivity contribution in [2.75, 3.05) is 46.6 Å². The van der Waals surface area contributed by atoms with Gasteiger partial charge in [-0.3, -0.25) is 4.79 Å². The van der Waals surface area contributed by atoms with Crippen LogP contribution in [0.2, 0.25) is 0 Å². The van der Waals surface area contributed by atoms with Gasteiger partial charge in [0.1, 0.15) is 0 Å². The van der Waals surface area contributed by atoms with Gasteiger partial charge in [-0.25, -0.2) is 0 Å². The van der Waals surface area contributed by atoms with Crippen LogP contribution < -0.4 is 5.32 Å². The van der Waals surface area contributed by atoms with Crippen molar-refractivity contribution >= 4 is 5.91 Å². The average Bonchev–Trinajstić information content (AvgIpc) is 2.15. The second kappa shape index (κ2) is 14.5. The molecule has 0 aromatic carbocycles. The fourth-order valence-electron chi connectivity index (χ4n) is 0.777. The Bertz CT molecular complexity index is 147. The summed E-state index contributed by atoms with van der Waals surface area (Å²) in [4.78, 5) is 10.4. The molecule has 0 aromatic rings. The molecule has 0 saturated carbocycles. The van der Waals surface area contributed by atoms with Crippen LogP contribution in [0.25, 0.3) is 5.32 Å². The number of ether oxygens (including phenoxy) is 2. The molecule has 0 saturated heterocycles. The quantitative estimate of drug-likeness (QED) is 0.616. The molecule has 0 heterocycles. The van der Waals surface area contributed by atoms with Crippen LogP contribution >= 0.6 is 0 Å². The fraction of sp³-hybridized carbons (Fsp3) is 0.889. The maximum Gasteiger partial charge on any atom is 0.216 e. The number of hydrogen-bond acceptors (Lipinski definition) is 3. The van der Waals surface area contributed by atoms with Crippen molar-refractivity contribution in [3.05, 3.63) is 5.32 Å². The average molecular weight is 292 g/mol. The van der Waals surface area contributed by atoms with Crippen LogP contribution in [0.1, 0.15) is 6.92 Å². The third-order valence-electron chi connectivity index (χ3n) is 1.45. The van der Waals surface area contributed by atoms with E-state index in [9.17, 15) is 4.79 Å². The van der Waals surface area contributed by atoms with E-state index in [1.54, 1.807) is 7.05 Å². The van der Waals surface area contributed by atoms with Crippen LogP contribution in [0.15, 0.2) is 0 Å². The number of carbonyl (C=O) groups is 1. The summed E-state index contributed by atoms with van der Waals surface area (Å²) in [5, 5.41) is 6.53. The van der Waals surface area contributed by atoms with Crippen molar-refractivity contribution in [2.24, 2.45) is 0 Å². The summed E-state index contributed by atoms with van der Waals surface area (Å²) in [5.41, 5.74) is 0. The van der Waals surface area contributed by atoms with Gasteiger partial charge in [0.05, 0.1) is 19.8 Å². The summed E-state index contributed by atoms with van der Waals surface area (Å²) < 4.78 is 10.4. The number of rotatable bonds is 9. The monoisotopic (exact) mass is 292 g/mol. The van der Waals surface area contributed by atoms with Crippen molar-refractivity contribution in [1.29, 1.82) is 0 Å². The van der Waals surface area contributed by atoms with Gasteiger partial charge in [0, 0.05) is 52.8 Å². The minimum absolute atomic E-state index is 0. The van der Waals surface area contributed by atoms with Gasteiger partial charge in [0.25, 0.3) is 0 Å². The van der Waals surface area contributed by atoms with E-state index in [-0.39, 0.29) is 38.6 Å². The van der Waals surface area contributed by atoms with Crippen LogP contribution in [0, 0.1) is 0 Å². The molecular weight excluding hydrogens is 273 g/mol. The molecule has 0 spiro atoms. The molecule has 0 bridgehead atoms. The molecule has 5 nitrogen and oxygen atoms in total. The fourth-order valence-corrected chi connectivity index (χ4v) is 0.777. The Balaban J connectivity index is 0. The van der Waals surface area contributed by atoms with E-state index < -0.39 is 0 Å². The smallest absolute Gasteiger partial charge is 0.216 e. The Kier molecular flexibility index (Phi) is 17.2. The number of amides is 1. The third-order valence-corrected chi connectivity index (χ3v) is 1.45. The van der Waals surface area contributed by atoms with Gasteiger partial charge in [-0.15, -0.1) is 6.54 Å². The summed E-state index contributed by atoms with van der Waals surface area (Å²) in [6, 6.07) is 0. The van der Waals surface area contributed by atoms with Gasteiger partial charge in [-0.1, -0.05) is 0 Å². The number of carbonyl (C=O) groups excluding carboxylic acids is 1. The van der Waals surface area contributed by atoms with Crippen molar-refractivity contribution < 1.29 is 47.0 Å². The summed E-state index contributed by atoms with van der Waals surface area (Å²) in [6.45, 7) is 5.08. The number of likely N-dealkylation sites (N-methyl/N-ethyl adjacent to an activating group) is 1. The summed E-state index contributed by atoms with van der Waals surface area (Å²) in [6.07, 6.45) is 0. The van der Waals surface area contributed by atoms with Gasteiger partial charge < -0.3 is 20.1 Å². The Morgan fingerprint density at radius 3 is 2.33 bits per heavy atom. The molecule has 0 aromatic heterocycles. The molecule has 0 atom stereocenters. The Morgan fingerprint density at radius 2 is 1.80 bits per heavy atom. The van der Waals surface area contributed by atoms with Crippen molar-refractivity contribution in [3.8, 4) is 0 Å². The summed E-state index contributed by atoms with van der Waals surface area (Å²) >= 11 is 0. The SMILES string of the molecule is C[N-]CCOCCOCCNC(C)=O.[Y]. The normalized spacial score (nSPS) is 9.47. The summed E-state index contributed by atoms with van der Waals surface area (Å²) in [7, 11) is 1.76. The molecule has 0 fully saturated rings. The van der Waals surface area contributed by atoms with Gasteiger partial charge in [-0.2, -0.15) is 7.05 Å². The van der Waals surface area contributed by atoms with E-state index in [4.69, 9.17) is 9.47 Å². The molecular formula is C9H19N2O3Y-. The van der Waals surface area contributed by atoms with Crippen LogP contribution in [-0.4, -0.2) is 52.5 Å². The molecule has 1 N–H and O–H groups in total. The topological polar surface area (TPSA) is 61.7 Å². The molecule has 0 unspecified atom stereocenters. The Morgan fingerprint density at radius 1 is 1.20 bits per heavy atom. The number of nitrogens with zero attached hydrogens (tertiary/aromatic N) is 1. The molecule has 0 rings (SSSR count). The molecule has 0 aliphatic rings. The first kappa shape index (κ1) is 17.8. The van der Waals surface area contributed by atoms with Gasteiger partial charge >= 0.3 is 0 Å². The van der Waals surface area contributed by atoms with E-state index in [0.29, 0.717) is 33.0 Å². The molecule has 1 amide bonds. The second-order valence-electron chi connectivity index (χ2n) is 2.75. The zero-order valence-electron chi connectivity index (χ0n) is 9.49. The first-order valence-electron chi connectivity index (χ1n) is 4.73. The summed E-state index contributed by atoms with van der Waals surface area (Å²) in [5.74, 6) is -0.0330. The van der Waals surface area contributed by atoms with Crippen LogP contribution in [0.4, 0.5) is 0 Å². The largest absolute Gasteiger partial charge is 0.663 e. The maximum absolute atomic E-state index is 10.4. The molecule has 6 heteroatoms. The Labute approximate surface area is 117 Å². The zero-order valence-corrected chi connectivity index (χ0v) is 12.3. The third kappa shape index (κ3) is 17.1.